The molecule has 0 unspecified atom stereocenters. The van der Waals surface area contributed by atoms with Gasteiger partial charge in [-0.3, -0.25) is 0 Å². The lowest BCUT2D eigenvalue weighted by molar-refractivity contribution is -0.112. The molecule has 9 atom stereocenters. The van der Waals surface area contributed by atoms with E-state index in [-0.39, 0.29) is 33.5 Å². The molecule has 4 aliphatic carbocycles. The molecule has 0 aromatic carbocycles. The number of alkyl halides is 1. The zero-order chi connectivity index (χ0) is 16.0. The predicted octanol–water partition coefficient (Wildman–Crippen LogP) is 3.26. The van der Waals surface area contributed by atoms with Crippen molar-refractivity contribution >= 4 is 15.9 Å². The fourth-order valence-electron chi connectivity index (χ4n) is 7.68. The van der Waals surface area contributed by atoms with E-state index in [0.29, 0.717) is 17.8 Å². The van der Waals surface area contributed by atoms with E-state index in [1.807, 2.05) is 0 Å². The normalized spacial score (nSPS) is 64.2. The first kappa shape index (κ1) is 15.6. The van der Waals surface area contributed by atoms with Gasteiger partial charge in [0, 0.05) is 5.41 Å². The van der Waals surface area contributed by atoms with E-state index in [1.165, 1.54) is 12.8 Å². The number of ether oxygens (including phenoxy) is 1. The molecule has 130 valence electrons. The Bertz CT molecular complexity index is 527. The number of aliphatic hydroxyl groups is 2. The van der Waals surface area contributed by atoms with Gasteiger partial charge in [-0.2, -0.15) is 0 Å². The number of halogens is 1. The molecule has 2 bridgehead atoms. The maximum atomic E-state index is 10.6. The van der Waals surface area contributed by atoms with Crippen molar-refractivity contribution in [2.75, 3.05) is 6.61 Å². The minimum Gasteiger partial charge on any atom is -0.393 e. The van der Waals surface area contributed by atoms with E-state index >= 15 is 0 Å². The molecule has 1 saturated heterocycles. The molecule has 0 aromatic rings. The van der Waals surface area contributed by atoms with E-state index in [4.69, 9.17) is 4.74 Å². The lowest BCUT2D eigenvalue weighted by Gasteiger charge is -2.62. The van der Waals surface area contributed by atoms with Gasteiger partial charge < -0.3 is 14.9 Å². The minimum atomic E-state index is -0.176. The maximum Gasteiger partial charge on any atom is 0.0738 e. The summed E-state index contributed by atoms with van der Waals surface area (Å²) in [6.45, 7) is 3.22. The highest BCUT2D eigenvalue weighted by molar-refractivity contribution is 9.10. The minimum absolute atomic E-state index is 0.0101. The Labute approximate surface area is 147 Å². The van der Waals surface area contributed by atoms with Crippen LogP contribution in [0.5, 0.6) is 0 Å². The smallest absolute Gasteiger partial charge is 0.0738 e. The second kappa shape index (κ2) is 4.75. The third-order valence-electron chi connectivity index (χ3n) is 8.92. The first-order chi connectivity index (χ1) is 10.9. The van der Waals surface area contributed by atoms with Gasteiger partial charge in [-0.25, -0.2) is 0 Å². The Hall–Kier alpha value is 0.360. The van der Waals surface area contributed by atoms with Crippen molar-refractivity contribution in [1.82, 2.24) is 0 Å². The summed E-state index contributed by atoms with van der Waals surface area (Å²) < 4.78 is 6.34. The molecule has 5 aliphatic rings. The van der Waals surface area contributed by atoms with Gasteiger partial charge in [-0.05, 0) is 74.5 Å². The molecule has 1 heterocycles. The maximum absolute atomic E-state index is 10.6. The summed E-state index contributed by atoms with van der Waals surface area (Å²) in [6, 6.07) is 0. The fraction of sp³-hybridized carbons (Fsp3) is 1.00. The average molecular weight is 385 g/mol. The number of fused-ring (bicyclic) bond motifs is 3. The predicted molar refractivity (Wildman–Crippen MR) is 91.4 cm³/mol. The Morgan fingerprint density at radius 3 is 2.70 bits per heavy atom. The Kier molecular flexibility index (Phi) is 3.22. The Morgan fingerprint density at radius 2 is 1.87 bits per heavy atom. The molecule has 0 radical (unpaired) electrons. The molecule has 5 fully saturated rings. The van der Waals surface area contributed by atoms with Gasteiger partial charge >= 0.3 is 0 Å². The van der Waals surface area contributed by atoms with Crippen LogP contribution in [0.25, 0.3) is 0 Å². The summed E-state index contributed by atoms with van der Waals surface area (Å²) >= 11 is 4.12. The summed E-state index contributed by atoms with van der Waals surface area (Å²) in [7, 11) is 0. The van der Waals surface area contributed by atoms with Crippen LogP contribution in [0.4, 0.5) is 0 Å². The highest BCUT2D eigenvalue weighted by atomic mass is 79.9. The van der Waals surface area contributed by atoms with Crippen molar-refractivity contribution in [3.05, 3.63) is 0 Å². The fourth-order valence-corrected chi connectivity index (χ4v) is 8.98. The SMILES string of the molecule is C[C@]12CC[C@@H]3[C@H](C[C@H]4OC[C@@]35CC[C@H](O)C[C@]45Br)[C@H]1CC[C@H]2O. The summed E-state index contributed by atoms with van der Waals surface area (Å²) in [4.78, 5) is 0. The molecule has 1 aliphatic heterocycles. The Balaban J connectivity index is 1.55. The number of hydrogen-bond acceptors (Lipinski definition) is 3. The van der Waals surface area contributed by atoms with Crippen LogP contribution in [0.15, 0.2) is 0 Å². The van der Waals surface area contributed by atoms with Crippen molar-refractivity contribution in [2.45, 2.75) is 80.9 Å². The van der Waals surface area contributed by atoms with Crippen LogP contribution in [0, 0.1) is 28.6 Å². The molecular formula is C19H29BrO3. The summed E-state index contributed by atoms with van der Waals surface area (Å²) in [5, 5.41) is 20.8. The van der Waals surface area contributed by atoms with Gasteiger partial charge in [0.25, 0.3) is 0 Å². The van der Waals surface area contributed by atoms with Crippen LogP contribution in [-0.4, -0.2) is 39.5 Å². The molecule has 3 nitrogen and oxygen atoms in total. The summed E-state index contributed by atoms with van der Waals surface area (Å²) in [5.41, 5.74) is 0.354. The third-order valence-corrected chi connectivity index (χ3v) is 10.5. The van der Waals surface area contributed by atoms with Gasteiger partial charge in [0.05, 0.1) is 29.2 Å². The standard InChI is InChI=1S/C19H29BrO3/c1-17-6-5-14-12(13(17)2-3-15(17)22)8-16-19(20)9-11(21)4-7-18(14,19)10-23-16/h11-16,21-22H,2-10H2,1H3/t11-,12+,13+,14+,15+,16+,17-,18-,19-/m0/s1. The molecular weight excluding hydrogens is 356 g/mol. The van der Waals surface area contributed by atoms with Crippen LogP contribution in [-0.2, 0) is 4.74 Å². The van der Waals surface area contributed by atoms with Gasteiger partial charge in [-0.15, -0.1) is 0 Å². The molecule has 4 saturated carbocycles. The van der Waals surface area contributed by atoms with Gasteiger partial charge in [0.1, 0.15) is 0 Å². The van der Waals surface area contributed by atoms with Crippen LogP contribution in [0.2, 0.25) is 0 Å². The van der Waals surface area contributed by atoms with E-state index in [2.05, 4.69) is 22.9 Å². The van der Waals surface area contributed by atoms with Gasteiger partial charge in [-0.1, -0.05) is 22.9 Å². The van der Waals surface area contributed by atoms with E-state index in [9.17, 15) is 10.2 Å². The second-order valence-electron chi connectivity index (χ2n) is 9.47. The second-order valence-corrected chi connectivity index (χ2v) is 10.9. The summed E-state index contributed by atoms with van der Waals surface area (Å²) in [5.74, 6) is 2.08. The van der Waals surface area contributed by atoms with E-state index in [1.54, 1.807) is 0 Å². The van der Waals surface area contributed by atoms with Crippen LogP contribution in [0.1, 0.15) is 58.3 Å². The summed E-state index contributed by atoms with van der Waals surface area (Å²) in [6.07, 6.45) is 8.55. The number of aliphatic hydroxyl groups excluding tert-OH is 2. The van der Waals surface area contributed by atoms with Crippen molar-refractivity contribution in [3.8, 4) is 0 Å². The van der Waals surface area contributed by atoms with Crippen molar-refractivity contribution in [3.63, 3.8) is 0 Å². The van der Waals surface area contributed by atoms with Crippen molar-refractivity contribution in [2.24, 2.45) is 28.6 Å². The van der Waals surface area contributed by atoms with Crippen LogP contribution in [0.3, 0.4) is 0 Å². The molecule has 2 N–H and O–H groups in total. The van der Waals surface area contributed by atoms with Crippen LogP contribution < -0.4 is 0 Å². The quantitative estimate of drug-likeness (QED) is 0.630. The largest absolute Gasteiger partial charge is 0.393 e. The van der Waals surface area contributed by atoms with Crippen LogP contribution >= 0.6 is 15.9 Å². The number of rotatable bonds is 0. The molecule has 23 heavy (non-hydrogen) atoms. The van der Waals surface area contributed by atoms with Crippen molar-refractivity contribution in [1.29, 1.82) is 0 Å². The average Bonchev–Trinajstić information content (AvgIpc) is 2.88. The van der Waals surface area contributed by atoms with Crippen molar-refractivity contribution < 1.29 is 14.9 Å². The highest BCUT2D eigenvalue weighted by Crippen LogP contribution is 2.72. The molecule has 5 rings (SSSR count). The zero-order valence-electron chi connectivity index (χ0n) is 14.0. The van der Waals surface area contributed by atoms with Gasteiger partial charge in [0.2, 0.25) is 0 Å². The monoisotopic (exact) mass is 384 g/mol. The first-order valence-corrected chi connectivity index (χ1v) is 10.4. The lowest BCUT2D eigenvalue weighted by atomic mass is 9.45. The number of hydrogen-bond donors (Lipinski definition) is 2. The highest BCUT2D eigenvalue weighted by Gasteiger charge is 2.72. The molecule has 4 heteroatoms. The molecule has 0 aromatic heterocycles. The molecule has 0 spiro atoms. The molecule has 0 amide bonds. The topological polar surface area (TPSA) is 49.7 Å². The van der Waals surface area contributed by atoms with Gasteiger partial charge in [0.15, 0.2) is 0 Å². The first-order valence-electron chi connectivity index (χ1n) is 9.57. The zero-order valence-corrected chi connectivity index (χ0v) is 15.6. The van der Waals surface area contributed by atoms with E-state index in [0.717, 1.165) is 45.1 Å². The van der Waals surface area contributed by atoms with E-state index < -0.39 is 0 Å². The lowest BCUT2D eigenvalue weighted by Crippen LogP contribution is -2.63. The third kappa shape index (κ3) is 1.72. The Morgan fingerprint density at radius 1 is 1.04 bits per heavy atom.